The van der Waals surface area contributed by atoms with Gasteiger partial charge in [0.2, 0.25) is 5.95 Å². The number of hydrogen-bond acceptors (Lipinski definition) is 8. The molecular weight excluding hydrogens is 448 g/mol. The zero-order valence-corrected chi connectivity index (χ0v) is 18.9. The Morgan fingerprint density at radius 2 is 1.88 bits per heavy atom. The Hall–Kier alpha value is -3.47. The average Bonchev–Trinajstić information content (AvgIpc) is 3.26. The van der Waals surface area contributed by atoms with Gasteiger partial charge in [0, 0.05) is 22.3 Å². The fraction of sp³-hybridized carbons (Fsp3) is 0.273. The SMILES string of the molecule is CCc1nc(N)nc(N)c1-c1ccc(Cl)cc1.Cc1cn([C@H]2C=C[C@@H](CO)O2)c(=O)[nH]c1=O. The molecule has 0 radical (unpaired) electrons. The number of aromatic amines is 1. The number of nitrogens with zero attached hydrogens (tertiary/aromatic N) is 3. The summed E-state index contributed by atoms with van der Waals surface area (Å²) in [5, 5.41) is 9.56. The average molecular weight is 473 g/mol. The number of nitrogens with two attached hydrogens (primary N) is 2. The van der Waals surface area contributed by atoms with Crippen molar-refractivity contribution in [1.29, 1.82) is 0 Å². The van der Waals surface area contributed by atoms with Crippen LogP contribution in [0.3, 0.4) is 0 Å². The van der Waals surface area contributed by atoms with Crippen molar-refractivity contribution in [1.82, 2.24) is 19.5 Å². The van der Waals surface area contributed by atoms with Gasteiger partial charge in [-0.05, 0) is 37.1 Å². The number of nitrogen functional groups attached to an aromatic ring is 2. The third-order valence-corrected chi connectivity index (χ3v) is 5.15. The molecule has 0 amide bonds. The van der Waals surface area contributed by atoms with Gasteiger partial charge in [-0.15, -0.1) is 0 Å². The Labute approximate surface area is 194 Å². The molecule has 0 bridgehead atoms. The van der Waals surface area contributed by atoms with Gasteiger partial charge in [-0.2, -0.15) is 4.98 Å². The van der Waals surface area contributed by atoms with Gasteiger partial charge in [-0.1, -0.05) is 36.7 Å². The molecular formula is C22H25ClN6O4. The summed E-state index contributed by atoms with van der Waals surface area (Å²) < 4.78 is 6.63. The smallest absolute Gasteiger partial charge is 0.330 e. The molecule has 0 fully saturated rings. The molecule has 10 nitrogen and oxygen atoms in total. The Morgan fingerprint density at radius 1 is 1.18 bits per heavy atom. The fourth-order valence-corrected chi connectivity index (χ4v) is 3.39. The molecule has 0 saturated carbocycles. The molecule has 1 aliphatic heterocycles. The largest absolute Gasteiger partial charge is 0.393 e. The Morgan fingerprint density at radius 3 is 2.48 bits per heavy atom. The van der Waals surface area contributed by atoms with E-state index in [-0.39, 0.29) is 12.6 Å². The molecule has 3 aromatic rings. The third-order valence-electron chi connectivity index (χ3n) is 4.90. The van der Waals surface area contributed by atoms with Crippen molar-refractivity contribution in [3.63, 3.8) is 0 Å². The first-order valence-corrected chi connectivity index (χ1v) is 10.6. The van der Waals surface area contributed by atoms with E-state index < -0.39 is 23.6 Å². The minimum absolute atomic E-state index is 0.135. The number of halogens is 1. The summed E-state index contributed by atoms with van der Waals surface area (Å²) in [6.45, 7) is 3.47. The van der Waals surface area contributed by atoms with Gasteiger partial charge in [0.25, 0.3) is 5.56 Å². The number of ether oxygens (including phenoxy) is 1. The number of rotatable bonds is 4. The molecule has 1 aliphatic rings. The molecule has 33 heavy (non-hydrogen) atoms. The van der Waals surface area contributed by atoms with Crippen LogP contribution in [0.5, 0.6) is 0 Å². The van der Waals surface area contributed by atoms with E-state index in [2.05, 4.69) is 15.0 Å². The number of aromatic nitrogens is 4. The van der Waals surface area contributed by atoms with E-state index in [1.165, 1.54) is 10.8 Å². The highest BCUT2D eigenvalue weighted by atomic mass is 35.5. The molecule has 0 aliphatic carbocycles. The number of aryl methyl sites for hydroxylation is 2. The number of benzene rings is 1. The van der Waals surface area contributed by atoms with Crippen LogP contribution in [0.15, 0.2) is 52.2 Å². The summed E-state index contributed by atoms with van der Waals surface area (Å²) in [6.07, 6.45) is 4.56. The van der Waals surface area contributed by atoms with E-state index in [0.29, 0.717) is 16.4 Å². The van der Waals surface area contributed by atoms with E-state index in [1.807, 2.05) is 31.2 Å². The highest BCUT2D eigenvalue weighted by molar-refractivity contribution is 6.30. The van der Waals surface area contributed by atoms with Crippen LogP contribution in [0.2, 0.25) is 5.02 Å². The highest BCUT2D eigenvalue weighted by Crippen LogP contribution is 2.29. The lowest BCUT2D eigenvalue weighted by atomic mass is 10.0. The fourth-order valence-electron chi connectivity index (χ4n) is 3.26. The summed E-state index contributed by atoms with van der Waals surface area (Å²) in [6, 6.07) is 7.41. The number of aliphatic hydroxyl groups excluding tert-OH is 1. The predicted molar refractivity (Wildman–Crippen MR) is 127 cm³/mol. The molecule has 0 unspecified atom stereocenters. The Kier molecular flexibility index (Phi) is 7.64. The number of nitrogens with one attached hydrogen (secondary N) is 1. The molecule has 174 valence electrons. The topological polar surface area (TPSA) is 162 Å². The van der Waals surface area contributed by atoms with Crippen molar-refractivity contribution in [2.75, 3.05) is 18.1 Å². The van der Waals surface area contributed by atoms with Crippen molar-refractivity contribution < 1.29 is 9.84 Å². The standard InChI is InChI=1S/C12H13ClN4.C10H12N2O4/c1-2-9-10(11(14)17-12(15)16-9)7-3-5-8(13)6-4-7;1-6-4-12(10(15)11-9(6)14)8-3-2-7(5-13)16-8/h3-6H,2H2,1H3,(H4,14,15,16,17);2-4,7-8,13H,5H2,1H3,(H,11,14,15)/t;7-,8+/m.0/s1. The first kappa shape index (κ1) is 24.2. The molecule has 2 aromatic heterocycles. The highest BCUT2D eigenvalue weighted by Gasteiger charge is 2.21. The van der Waals surface area contributed by atoms with Crippen molar-refractivity contribution in [2.24, 2.45) is 0 Å². The lowest BCUT2D eigenvalue weighted by Gasteiger charge is -2.14. The van der Waals surface area contributed by atoms with Crippen molar-refractivity contribution in [3.8, 4) is 11.1 Å². The lowest BCUT2D eigenvalue weighted by Crippen LogP contribution is -2.33. The van der Waals surface area contributed by atoms with Crippen LogP contribution in [0, 0.1) is 6.92 Å². The van der Waals surface area contributed by atoms with Crippen molar-refractivity contribution in [2.45, 2.75) is 32.6 Å². The molecule has 6 N–H and O–H groups in total. The first-order chi connectivity index (χ1) is 15.7. The minimum atomic E-state index is -0.569. The lowest BCUT2D eigenvalue weighted by molar-refractivity contribution is -0.0104. The normalized spacial score (nSPS) is 17.0. The van der Waals surface area contributed by atoms with E-state index >= 15 is 0 Å². The van der Waals surface area contributed by atoms with E-state index in [9.17, 15) is 9.59 Å². The van der Waals surface area contributed by atoms with Crippen LogP contribution in [-0.2, 0) is 11.2 Å². The van der Waals surface area contributed by atoms with Crippen LogP contribution in [0.4, 0.5) is 11.8 Å². The van der Waals surface area contributed by atoms with Crippen molar-refractivity contribution in [3.05, 3.63) is 79.7 Å². The van der Waals surface area contributed by atoms with Crippen LogP contribution in [0.25, 0.3) is 11.1 Å². The van der Waals surface area contributed by atoms with Gasteiger partial charge in [0.05, 0.1) is 12.3 Å². The molecule has 3 heterocycles. The second-order valence-corrected chi connectivity index (χ2v) is 7.70. The van der Waals surface area contributed by atoms with Gasteiger partial charge in [0.1, 0.15) is 11.9 Å². The maximum Gasteiger partial charge on any atom is 0.330 e. The van der Waals surface area contributed by atoms with E-state index in [4.69, 9.17) is 32.9 Å². The van der Waals surface area contributed by atoms with Gasteiger partial charge in [0.15, 0.2) is 6.23 Å². The second-order valence-electron chi connectivity index (χ2n) is 7.26. The molecule has 4 rings (SSSR count). The monoisotopic (exact) mass is 472 g/mol. The summed E-state index contributed by atoms with van der Waals surface area (Å²) >= 11 is 5.86. The number of aliphatic hydroxyl groups is 1. The molecule has 0 spiro atoms. The summed E-state index contributed by atoms with van der Waals surface area (Å²) in [5.41, 5.74) is 13.6. The molecule has 0 saturated heterocycles. The van der Waals surface area contributed by atoms with Gasteiger partial charge < -0.3 is 21.3 Å². The van der Waals surface area contributed by atoms with Gasteiger partial charge in [-0.3, -0.25) is 14.3 Å². The quantitative estimate of drug-likeness (QED) is 0.418. The number of anilines is 2. The summed E-state index contributed by atoms with van der Waals surface area (Å²) in [5.74, 6) is 0.605. The second kappa shape index (κ2) is 10.4. The summed E-state index contributed by atoms with van der Waals surface area (Å²) in [4.78, 5) is 33.1. The zero-order chi connectivity index (χ0) is 24.1. The van der Waals surface area contributed by atoms with Crippen LogP contribution in [0.1, 0.15) is 24.4 Å². The van der Waals surface area contributed by atoms with E-state index in [0.717, 1.165) is 23.2 Å². The Balaban J connectivity index is 0.000000186. The zero-order valence-electron chi connectivity index (χ0n) is 18.2. The maximum atomic E-state index is 11.5. The maximum absolute atomic E-state index is 11.5. The first-order valence-electron chi connectivity index (χ1n) is 10.2. The van der Waals surface area contributed by atoms with Crippen molar-refractivity contribution >= 4 is 23.4 Å². The summed E-state index contributed by atoms with van der Waals surface area (Å²) in [7, 11) is 0. The van der Waals surface area contributed by atoms with Crippen LogP contribution in [-0.4, -0.2) is 37.3 Å². The molecule has 1 aromatic carbocycles. The third kappa shape index (κ3) is 5.67. The van der Waals surface area contributed by atoms with Gasteiger partial charge in [-0.25, -0.2) is 9.78 Å². The van der Waals surface area contributed by atoms with Crippen LogP contribution >= 0.6 is 11.6 Å². The van der Waals surface area contributed by atoms with Crippen LogP contribution < -0.4 is 22.7 Å². The van der Waals surface area contributed by atoms with E-state index in [1.54, 1.807) is 19.1 Å². The van der Waals surface area contributed by atoms with Gasteiger partial charge >= 0.3 is 5.69 Å². The Bertz CT molecular complexity index is 1270. The number of H-pyrrole nitrogens is 1. The predicted octanol–water partition coefficient (Wildman–Crippen LogP) is 1.81. The minimum Gasteiger partial charge on any atom is -0.393 e. The molecule has 2 atom stereocenters. The number of hydrogen-bond donors (Lipinski definition) is 4. The molecule has 11 heteroatoms.